The van der Waals surface area contributed by atoms with E-state index in [1.165, 1.54) is 56.9 Å². The van der Waals surface area contributed by atoms with Crippen LogP contribution < -0.4 is 0 Å². The molecule has 0 radical (unpaired) electrons. The third-order valence-electron chi connectivity index (χ3n) is 6.29. The van der Waals surface area contributed by atoms with Crippen molar-refractivity contribution in [1.29, 1.82) is 0 Å². The van der Waals surface area contributed by atoms with Crippen molar-refractivity contribution in [3.8, 4) is 0 Å². The number of hydrogen-bond donors (Lipinski definition) is 0. The number of methoxy groups -OCH3 is 1. The molecule has 0 aliphatic rings. The van der Waals surface area contributed by atoms with Crippen LogP contribution in [0.4, 0.5) is 0 Å². The summed E-state index contributed by atoms with van der Waals surface area (Å²) in [5.74, 6) is 0. The van der Waals surface area contributed by atoms with E-state index in [0.717, 1.165) is 10.5 Å². The molecule has 29 heavy (non-hydrogen) atoms. The van der Waals surface area contributed by atoms with E-state index in [1.807, 2.05) is 0 Å². The van der Waals surface area contributed by atoms with Gasteiger partial charge in [-0.1, -0.05) is 0 Å². The van der Waals surface area contributed by atoms with Crippen LogP contribution in [0.2, 0.25) is 17.2 Å². The van der Waals surface area contributed by atoms with Crippen molar-refractivity contribution in [2.75, 3.05) is 20.5 Å². The van der Waals surface area contributed by atoms with Crippen molar-refractivity contribution in [3.63, 3.8) is 0 Å². The Kier molecular flexibility index (Phi) is 16.0. The van der Waals surface area contributed by atoms with E-state index >= 15 is 0 Å². The average Bonchev–Trinajstić information content (AvgIpc) is 2.76. The molecule has 1 aromatic carbocycles. The summed E-state index contributed by atoms with van der Waals surface area (Å²) in [6.07, 6.45) is 15.6. The zero-order valence-electron chi connectivity index (χ0n) is 19.6. The van der Waals surface area contributed by atoms with Crippen LogP contribution in [0.3, 0.4) is 0 Å². The van der Waals surface area contributed by atoms with Gasteiger partial charge in [-0.15, -0.1) is 0 Å². The Labute approximate surface area is 185 Å². The summed E-state index contributed by atoms with van der Waals surface area (Å²) < 4.78 is 16.5. The fourth-order valence-electron chi connectivity index (χ4n) is 4.55. The average molecular weight is 509 g/mol. The van der Waals surface area contributed by atoms with Crippen molar-refractivity contribution >= 4 is 24.5 Å². The van der Waals surface area contributed by atoms with Gasteiger partial charge in [0.15, 0.2) is 0 Å². The van der Waals surface area contributed by atoms with Gasteiger partial charge in [0.25, 0.3) is 0 Å². The van der Waals surface area contributed by atoms with Crippen LogP contribution in [0, 0.1) is 0 Å². The molecule has 0 aliphatic carbocycles. The first kappa shape index (κ1) is 26.7. The van der Waals surface area contributed by atoms with Gasteiger partial charge in [-0.3, -0.25) is 0 Å². The second-order valence-electron chi connectivity index (χ2n) is 8.52. The normalized spacial score (nSPS) is 13.2. The van der Waals surface area contributed by atoms with E-state index in [9.17, 15) is 0 Å². The first-order chi connectivity index (χ1) is 14.2. The van der Waals surface area contributed by atoms with Gasteiger partial charge in [0.2, 0.25) is 0 Å². The molecule has 0 saturated heterocycles. The topological polar surface area (TPSA) is 18.5 Å². The maximum absolute atomic E-state index is 5.77. The third kappa shape index (κ3) is 11.0. The minimum absolute atomic E-state index is 0.425. The molecule has 0 bridgehead atoms. The molecule has 0 spiro atoms. The van der Waals surface area contributed by atoms with Crippen LogP contribution in [0.1, 0.15) is 77.7 Å². The number of hydrogen-bond acceptors (Lipinski definition) is 2. The van der Waals surface area contributed by atoms with Crippen molar-refractivity contribution < 1.29 is 9.47 Å². The molecule has 1 aromatic rings. The van der Waals surface area contributed by atoms with Gasteiger partial charge in [0.05, 0.1) is 0 Å². The summed E-state index contributed by atoms with van der Waals surface area (Å²) >= 11 is -2.28. The number of ether oxygens (including phenoxy) is 2. The van der Waals surface area contributed by atoms with Crippen LogP contribution in [0.15, 0.2) is 36.4 Å². The molecule has 0 heterocycles. The van der Waals surface area contributed by atoms with Gasteiger partial charge < -0.3 is 0 Å². The van der Waals surface area contributed by atoms with Gasteiger partial charge in [-0.2, -0.15) is 0 Å². The number of unbranched alkanes of at least 4 members (excludes halogenated alkanes) is 3. The van der Waals surface area contributed by atoms with Crippen molar-refractivity contribution in [1.82, 2.24) is 0 Å². The summed E-state index contributed by atoms with van der Waals surface area (Å²) in [7, 11) is 1.72. The van der Waals surface area contributed by atoms with E-state index in [1.54, 1.807) is 20.4 Å². The van der Waals surface area contributed by atoms with Crippen molar-refractivity contribution in [2.45, 2.75) is 89.4 Å². The molecule has 2 nitrogen and oxygen atoms in total. The molecular formula is C26H46O2Sn. The van der Waals surface area contributed by atoms with Gasteiger partial charge in [-0.05, 0) is 0 Å². The Morgan fingerprint density at radius 1 is 0.897 bits per heavy atom. The molecule has 0 amide bonds. The van der Waals surface area contributed by atoms with Gasteiger partial charge in [0, 0.05) is 0 Å². The number of allylic oxidation sites excluding steroid dienone is 1. The van der Waals surface area contributed by atoms with Crippen LogP contribution in [0.25, 0.3) is 6.08 Å². The molecule has 0 aliphatic heterocycles. The minimum atomic E-state index is -2.28. The Balaban J connectivity index is 3.00. The zero-order chi connectivity index (χ0) is 21.2. The first-order valence-corrected chi connectivity index (χ1v) is 19.7. The van der Waals surface area contributed by atoms with Gasteiger partial charge >= 0.3 is 186 Å². The molecule has 1 rings (SSSR count). The van der Waals surface area contributed by atoms with E-state index in [-0.39, 0.29) is 0 Å². The Hall–Kier alpha value is -0.321. The van der Waals surface area contributed by atoms with Crippen molar-refractivity contribution in [2.24, 2.45) is 0 Å². The number of rotatable bonds is 18. The summed E-state index contributed by atoms with van der Waals surface area (Å²) in [6, 6.07) is 10.8. The monoisotopic (exact) mass is 510 g/mol. The molecule has 0 fully saturated rings. The van der Waals surface area contributed by atoms with Crippen LogP contribution >= 0.6 is 0 Å². The second kappa shape index (κ2) is 17.4. The third-order valence-corrected chi connectivity index (χ3v) is 24.3. The Morgan fingerprint density at radius 2 is 1.48 bits per heavy atom. The molecule has 166 valence electrons. The molecule has 0 aromatic heterocycles. The summed E-state index contributed by atoms with van der Waals surface area (Å²) in [5, 5.41) is 0. The van der Waals surface area contributed by atoms with Crippen LogP contribution in [0.5, 0.6) is 0 Å². The first-order valence-electron chi connectivity index (χ1n) is 12.0. The van der Waals surface area contributed by atoms with E-state index < -0.39 is 18.4 Å². The fraction of sp³-hybridized carbons (Fsp3) is 0.692. The quantitative estimate of drug-likeness (QED) is 0.113. The Morgan fingerprint density at radius 3 is 2.00 bits per heavy atom. The van der Waals surface area contributed by atoms with Crippen LogP contribution in [-0.4, -0.2) is 38.9 Å². The molecule has 1 atom stereocenters. The van der Waals surface area contributed by atoms with Crippen LogP contribution in [-0.2, 0) is 9.47 Å². The fourth-order valence-corrected chi connectivity index (χ4v) is 23.1. The predicted octanol–water partition coefficient (Wildman–Crippen LogP) is 8.32. The molecule has 1 unspecified atom stereocenters. The number of benzene rings is 1. The Bertz CT molecular complexity index is 493. The van der Waals surface area contributed by atoms with E-state index in [4.69, 9.17) is 9.47 Å². The molecule has 3 heteroatoms. The van der Waals surface area contributed by atoms with Crippen molar-refractivity contribution in [3.05, 3.63) is 42.0 Å². The molecule has 0 N–H and O–H groups in total. The van der Waals surface area contributed by atoms with Gasteiger partial charge in [-0.25, -0.2) is 0 Å². The molecule has 0 saturated carbocycles. The standard InChI is InChI=1S/C14H19O2.3C4H9.Sn/c1-15-13-16-12-8-3-2-5-9-14-10-6-4-7-11-14;3*1-3-4-2;/h3-7,9-11H,2,8,12-13H2,1H3;3*1,3-4H2,2H3;/b9-5+;;;;. The SMILES string of the molecule is CCC[CH2][Sn]([CH2]CCC)([CH2]CCC)[CH](C/C=C/c1ccccc1)CCOCOC. The molecular weight excluding hydrogens is 463 g/mol. The van der Waals surface area contributed by atoms with E-state index in [0.29, 0.717) is 6.79 Å². The zero-order valence-corrected chi connectivity index (χ0v) is 22.5. The van der Waals surface area contributed by atoms with E-state index in [2.05, 4.69) is 63.3 Å². The van der Waals surface area contributed by atoms with Gasteiger partial charge in [0.1, 0.15) is 0 Å². The second-order valence-corrected chi connectivity index (χ2v) is 22.9. The predicted molar refractivity (Wildman–Crippen MR) is 131 cm³/mol. The summed E-state index contributed by atoms with van der Waals surface area (Å²) in [4.78, 5) is 0. The maximum atomic E-state index is 5.77. The summed E-state index contributed by atoms with van der Waals surface area (Å²) in [6.45, 7) is 8.36. The summed E-state index contributed by atoms with van der Waals surface area (Å²) in [5.41, 5.74) is 1.32.